The zero-order chi connectivity index (χ0) is 11.4. The summed E-state index contributed by atoms with van der Waals surface area (Å²) in [5.74, 6) is 1.03. The molecule has 0 amide bonds. The molecular weight excluding hydrogens is 220 g/mol. The van der Waals surface area contributed by atoms with Gasteiger partial charge in [-0.3, -0.25) is 0 Å². The topological polar surface area (TPSA) is 13.1 Å². The van der Waals surface area contributed by atoms with E-state index in [9.17, 15) is 0 Å². The number of hydrogen-bond acceptors (Lipinski definition) is 1. The smallest absolute Gasteiger partial charge is 0.152 e. The number of halogens is 1. The van der Waals surface area contributed by atoms with Crippen molar-refractivity contribution in [2.75, 3.05) is 0 Å². The molecule has 1 heterocycles. The number of hydrogen-bond donors (Lipinski definition) is 0. The van der Waals surface area contributed by atoms with Crippen molar-refractivity contribution in [3.8, 4) is 0 Å². The minimum Gasteiger partial charge on any atom is -0.460 e. The molecule has 0 spiro atoms. The Bertz CT molecular complexity index is 459. The largest absolute Gasteiger partial charge is 0.460 e. The molecule has 2 aromatic rings. The second-order valence-corrected chi connectivity index (χ2v) is 4.44. The van der Waals surface area contributed by atoms with E-state index in [1.807, 2.05) is 18.2 Å². The summed E-state index contributed by atoms with van der Waals surface area (Å²) in [6, 6.07) is 7.93. The molecule has 0 N–H and O–H groups in total. The monoisotopic (exact) mass is 235 g/mol. The molecule has 0 aliphatic heterocycles. The highest BCUT2D eigenvalue weighted by molar-refractivity contribution is 6.34. The molecule has 2 rings (SSSR count). The molecule has 0 fully saturated rings. The average Bonchev–Trinajstić information content (AvgIpc) is 2.69. The van der Waals surface area contributed by atoms with E-state index in [-0.39, 0.29) is 0 Å². The van der Waals surface area contributed by atoms with Gasteiger partial charge in [-0.05, 0) is 18.6 Å². The first-order chi connectivity index (χ1) is 7.81. The molecule has 1 radical (unpaired) electrons. The van der Waals surface area contributed by atoms with Crippen LogP contribution in [0.4, 0.5) is 0 Å². The first kappa shape index (κ1) is 11.5. The fourth-order valence-corrected chi connectivity index (χ4v) is 2.08. The van der Waals surface area contributed by atoms with E-state index in [1.54, 1.807) is 0 Å². The van der Waals surface area contributed by atoms with E-state index >= 15 is 0 Å². The number of furan rings is 1. The summed E-state index contributed by atoms with van der Waals surface area (Å²) >= 11 is 6.05. The third-order valence-corrected chi connectivity index (χ3v) is 3.02. The molecule has 1 aromatic heterocycles. The second kappa shape index (κ2) is 5.40. The van der Waals surface area contributed by atoms with Crippen LogP contribution in [-0.2, 0) is 6.42 Å². The van der Waals surface area contributed by atoms with Crippen LogP contribution in [0.3, 0.4) is 0 Å². The molecule has 0 saturated heterocycles. The molecule has 1 nitrogen and oxygen atoms in total. The number of rotatable bonds is 5. The number of para-hydroxylation sites is 1. The lowest BCUT2D eigenvalue weighted by Crippen LogP contribution is -1.81. The highest BCUT2D eigenvalue weighted by atomic mass is 35.5. The second-order valence-electron chi connectivity index (χ2n) is 4.04. The standard InChI is InChI=1S/C14H16ClO/c1-2-3-4-5-8-12-10-11-7-6-9-13(15)14(11)16-12/h6-7,9-10H,1-5,8H2. The quantitative estimate of drug-likeness (QED) is 0.663. The van der Waals surface area contributed by atoms with Gasteiger partial charge in [0.1, 0.15) is 5.76 Å². The molecule has 85 valence electrons. The maximum atomic E-state index is 6.05. The van der Waals surface area contributed by atoms with E-state index in [0.717, 1.165) is 36.0 Å². The molecule has 16 heavy (non-hydrogen) atoms. The van der Waals surface area contributed by atoms with Crippen LogP contribution < -0.4 is 0 Å². The molecule has 0 unspecified atom stereocenters. The predicted molar refractivity (Wildman–Crippen MR) is 68.8 cm³/mol. The van der Waals surface area contributed by atoms with Crippen LogP contribution in [0.5, 0.6) is 0 Å². The maximum Gasteiger partial charge on any atom is 0.152 e. The van der Waals surface area contributed by atoms with Gasteiger partial charge in [-0.25, -0.2) is 0 Å². The summed E-state index contributed by atoms with van der Waals surface area (Å²) in [4.78, 5) is 0. The van der Waals surface area contributed by atoms with Crippen molar-refractivity contribution in [3.63, 3.8) is 0 Å². The third kappa shape index (κ3) is 2.59. The third-order valence-electron chi connectivity index (χ3n) is 2.72. The molecule has 0 atom stereocenters. The van der Waals surface area contributed by atoms with Crippen molar-refractivity contribution in [3.05, 3.63) is 42.0 Å². The van der Waals surface area contributed by atoms with Gasteiger partial charge in [-0.15, -0.1) is 0 Å². The minimum atomic E-state index is 0.696. The van der Waals surface area contributed by atoms with E-state index in [4.69, 9.17) is 16.0 Å². The Kier molecular flexibility index (Phi) is 3.89. The van der Waals surface area contributed by atoms with Gasteiger partial charge < -0.3 is 4.42 Å². The van der Waals surface area contributed by atoms with E-state index in [0.29, 0.717) is 5.02 Å². The number of aryl methyl sites for hydroxylation is 1. The van der Waals surface area contributed by atoms with Gasteiger partial charge >= 0.3 is 0 Å². The SMILES string of the molecule is [CH2]CCCCCc1cc2cccc(Cl)c2o1. The van der Waals surface area contributed by atoms with E-state index < -0.39 is 0 Å². The zero-order valence-electron chi connectivity index (χ0n) is 9.34. The fraction of sp³-hybridized carbons (Fsp3) is 0.357. The molecule has 0 aliphatic rings. The van der Waals surface area contributed by atoms with Crippen molar-refractivity contribution in [1.82, 2.24) is 0 Å². The fourth-order valence-electron chi connectivity index (χ4n) is 1.86. The van der Waals surface area contributed by atoms with Crippen LogP contribution in [0, 0.1) is 6.92 Å². The van der Waals surface area contributed by atoms with Gasteiger partial charge in [0.05, 0.1) is 5.02 Å². The molecule has 0 bridgehead atoms. The average molecular weight is 236 g/mol. The van der Waals surface area contributed by atoms with Gasteiger partial charge in [-0.2, -0.15) is 0 Å². The lowest BCUT2D eigenvalue weighted by molar-refractivity contribution is 0.529. The number of benzene rings is 1. The number of unbranched alkanes of at least 4 members (excludes halogenated alkanes) is 3. The molecular formula is C14H16ClO. The lowest BCUT2D eigenvalue weighted by atomic mass is 10.1. The van der Waals surface area contributed by atoms with Crippen molar-refractivity contribution < 1.29 is 4.42 Å². The van der Waals surface area contributed by atoms with Crippen molar-refractivity contribution in [2.24, 2.45) is 0 Å². The maximum absolute atomic E-state index is 6.05. The Balaban J connectivity index is 2.05. The van der Waals surface area contributed by atoms with Crippen LogP contribution in [0.2, 0.25) is 5.02 Å². The van der Waals surface area contributed by atoms with Gasteiger partial charge in [0, 0.05) is 11.8 Å². The van der Waals surface area contributed by atoms with Gasteiger partial charge in [0.25, 0.3) is 0 Å². The van der Waals surface area contributed by atoms with Crippen LogP contribution in [0.15, 0.2) is 28.7 Å². The Morgan fingerprint density at radius 2 is 2.06 bits per heavy atom. The van der Waals surface area contributed by atoms with E-state index in [2.05, 4.69) is 13.0 Å². The normalized spacial score (nSPS) is 11.1. The summed E-state index contributed by atoms with van der Waals surface area (Å²) in [5, 5.41) is 1.79. The Morgan fingerprint density at radius 1 is 1.19 bits per heavy atom. The van der Waals surface area contributed by atoms with E-state index in [1.165, 1.54) is 12.8 Å². The molecule has 0 saturated carbocycles. The lowest BCUT2D eigenvalue weighted by Gasteiger charge is -1.96. The molecule has 1 aromatic carbocycles. The summed E-state index contributed by atoms with van der Waals surface area (Å²) in [7, 11) is 0. The van der Waals surface area contributed by atoms with Crippen molar-refractivity contribution in [1.29, 1.82) is 0 Å². The highest BCUT2D eigenvalue weighted by Crippen LogP contribution is 2.27. The summed E-state index contributed by atoms with van der Waals surface area (Å²) in [5.41, 5.74) is 0.816. The first-order valence-electron chi connectivity index (χ1n) is 5.77. The van der Waals surface area contributed by atoms with Crippen molar-refractivity contribution >= 4 is 22.6 Å². The van der Waals surface area contributed by atoms with Crippen LogP contribution in [0.25, 0.3) is 11.0 Å². The first-order valence-corrected chi connectivity index (χ1v) is 6.15. The minimum absolute atomic E-state index is 0.696. The summed E-state index contributed by atoms with van der Waals surface area (Å²) < 4.78 is 5.73. The van der Waals surface area contributed by atoms with Crippen LogP contribution in [-0.4, -0.2) is 0 Å². The highest BCUT2D eigenvalue weighted by Gasteiger charge is 2.06. The Hall–Kier alpha value is -0.950. The predicted octanol–water partition coefficient (Wildman–Crippen LogP) is 5.02. The summed E-state index contributed by atoms with van der Waals surface area (Å²) in [6.07, 6.45) is 5.58. The van der Waals surface area contributed by atoms with Gasteiger partial charge in [-0.1, -0.05) is 49.9 Å². The van der Waals surface area contributed by atoms with Gasteiger partial charge in [0.15, 0.2) is 5.58 Å². The van der Waals surface area contributed by atoms with Crippen LogP contribution in [0.1, 0.15) is 31.4 Å². The summed E-state index contributed by atoms with van der Waals surface area (Å²) in [6.45, 7) is 3.84. The van der Waals surface area contributed by atoms with Gasteiger partial charge in [0.2, 0.25) is 0 Å². The zero-order valence-corrected chi connectivity index (χ0v) is 10.1. The van der Waals surface area contributed by atoms with Crippen molar-refractivity contribution in [2.45, 2.75) is 32.1 Å². The Morgan fingerprint density at radius 3 is 2.81 bits per heavy atom. The Labute approximate surface area is 101 Å². The molecule has 2 heteroatoms. The number of fused-ring (bicyclic) bond motifs is 1. The molecule has 0 aliphatic carbocycles. The van der Waals surface area contributed by atoms with Crippen LogP contribution >= 0.6 is 11.6 Å².